The van der Waals surface area contributed by atoms with E-state index >= 15 is 0 Å². The summed E-state index contributed by atoms with van der Waals surface area (Å²) in [6.45, 7) is 0. The topological polar surface area (TPSA) is 34.1 Å². The molecule has 4 rings (SSSR count). The Morgan fingerprint density at radius 1 is 1.13 bits per heavy atom. The van der Waals surface area contributed by atoms with E-state index in [9.17, 15) is 9.59 Å². The second-order valence-corrected chi connectivity index (χ2v) is 4.78. The van der Waals surface area contributed by atoms with Crippen LogP contribution in [-0.2, 0) is 9.59 Å². The van der Waals surface area contributed by atoms with Crippen molar-refractivity contribution in [1.82, 2.24) is 0 Å². The molecule has 15 heavy (non-hydrogen) atoms. The Balaban J connectivity index is 2.32. The van der Waals surface area contributed by atoms with Gasteiger partial charge in [-0.15, -0.1) is 0 Å². The minimum Gasteiger partial charge on any atom is -0.294 e. The zero-order chi connectivity index (χ0) is 10.6. The smallest absolute Gasteiger partial charge is 0.175 e. The summed E-state index contributed by atoms with van der Waals surface area (Å²) in [7, 11) is 0. The monoisotopic (exact) mass is 262 g/mol. The van der Waals surface area contributed by atoms with Gasteiger partial charge in [0.1, 0.15) is 0 Å². The highest BCUT2D eigenvalue weighted by Gasteiger charge is 2.45. The zero-order valence-electron chi connectivity index (χ0n) is 7.74. The summed E-state index contributed by atoms with van der Waals surface area (Å²) in [4.78, 5) is 23.6. The van der Waals surface area contributed by atoms with Gasteiger partial charge >= 0.3 is 0 Å². The van der Waals surface area contributed by atoms with Crippen LogP contribution in [0.1, 0.15) is 0 Å². The van der Waals surface area contributed by atoms with E-state index in [1.165, 1.54) is 0 Å². The maximum absolute atomic E-state index is 11.9. The quantitative estimate of drug-likeness (QED) is 0.627. The molecule has 0 unspecified atom stereocenters. The Labute approximate surface area is 95.2 Å². The standard InChI is InChI=1S/C12H7BrO2/c13-9-6-11(15)12-3-1-7(2-4-12)10(14)5-8(9)12/h1-7H. The van der Waals surface area contributed by atoms with Crippen molar-refractivity contribution in [2.24, 2.45) is 11.3 Å². The van der Waals surface area contributed by atoms with Crippen molar-refractivity contribution >= 4 is 27.5 Å². The van der Waals surface area contributed by atoms with Crippen molar-refractivity contribution in [1.29, 1.82) is 0 Å². The van der Waals surface area contributed by atoms with Crippen LogP contribution in [0.25, 0.3) is 0 Å². The van der Waals surface area contributed by atoms with Crippen LogP contribution in [-0.4, -0.2) is 11.6 Å². The molecular weight excluding hydrogens is 256 g/mol. The average Bonchev–Trinajstić information content (AvgIpc) is 2.41. The average molecular weight is 263 g/mol. The molecule has 0 atom stereocenters. The predicted molar refractivity (Wildman–Crippen MR) is 59.3 cm³/mol. The minimum atomic E-state index is -0.707. The van der Waals surface area contributed by atoms with E-state index in [0.717, 1.165) is 10.1 Å². The Morgan fingerprint density at radius 2 is 1.80 bits per heavy atom. The number of rotatable bonds is 0. The van der Waals surface area contributed by atoms with Crippen LogP contribution in [0, 0.1) is 11.3 Å². The van der Waals surface area contributed by atoms with Crippen LogP contribution in [0.15, 0.2) is 46.5 Å². The second-order valence-electron chi connectivity index (χ2n) is 3.93. The number of halogens is 1. The van der Waals surface area contributed by atoms with Crippen LogP contribution in [0.3, 0.4) is 0 Å². The highest BCUT2D eigenvalue weighted by atomic mass is 79.9. The molecule has 4 aliphatic carbocycles. The maximum Gasteiger partial charge on any atom is 0.175 e. The molecule has 2 nitrogen and oxygen atoms in total. The SMILES string of the molecule is O=C1C=C2C(Br)=CC(=O)C23C=CC1C=C3. The van der Waals surface area contributed by atoms with Gasteiger partial charge in [0.15, 0.2) is 11.6 Å². The molecule has 4 aliphatic rings. The van der Waals surface area contributed by atoms with Gasteiger partial charge in [0.25, 0.3) is 0 Å². The minimum absolute atomic E-state index is 0.0151. The number of allylic oxidation sites excluding steroid dienone is 8. The Bertz CT molecular complexity index is 492. The van der Waals surface area contributed by atoms with Gasteiger partial charge in [-0.25, -0.2) is 0 Å². The summed E-state index contributed by atoms with van der Waals surface area (Å²) in [6, 6.07) is 0. The molecule has 2 bridgehead atoms. The summed E-state index contributed by atoms with van der Waals surface area (Å²) in [5.41, 5.74) is 0.0617. The lowest BCUT2D eigenvalue weighted by molar-refractivity contribution is -0.118. The fraction of sp³-hybridized carbons (Fsp3) is 0.167. The van der Waals surface area contributed by atoms with Gasteiger partial charge in [-0.05, 0) is 17.7 Å². The summed E-state index contributed by atoms with van der Waals surface area (Å²) >= 11 is 3.33. The maximum atomic E-state index is 11.9. The number of carbonyl (C=O) groups excluding carboxylic acids is 2. The number of hydrogen-bond donors (Lipinski definition) is 0. The van der Waals surface area contributed by atoms with Crippen molar-refractivity contribution in [3.8, 4) is 0 Å². The van der Waals surface area contributed by atoms with E-state index in [0.29, 0.717) is 0 Å². The summed E-state index contributed by atoms with van der Waals surface area (Å²) in [6.07, 6.45) is 10.4. The first-order chi connectivity index (χ1) is 7.13. The van der Waals surface area contributed by atoms with Crippen LogP contribution in [0.5, 0.6) is 0 Å². The first-order valence-electron chi connectivity index (χ1n) is 4.70. The molecule has 0 aromatic heterocycles. The zero-order valence-corrected chi connectivity index (χ0v) is 9.32. The fourth-order valence-electron chi connectivity index (χ4n) is 2.23. The molecule has 0 aromatic carbocycles. The number of ketones is 2. The van der Waals surface area contributed by atoms with Crippen molar-refractivity contribution in [3.63, 3.8) is 0 Å². The van der Waals surface area contributed by atoms with Gasteiger partial charge in [0, 0.05) is 4.48 Å². The molecule has 0 saturated carbocycles. The van der Waals surface area contributed by atoms with E-state index in [1.807, 2.05) is 24.3 Å². The van der Waals surface area contributed by atoms with Crippen molar-refractivity contribution in [3.05, 3.63) is 46.5 Å². The van der Waals surface area contributed by atoms with Gasteiger partial charge < -0.3 is 0 Å². The molecule has 0 amide bonds. The second kappa shape index (κ2) is 2.67. The Hall–Kier alpha value is -1.22. The molecule has 3 heteroatoms. The first-order valence-corrected chi connectivity index (χ1v) is 5.49. The van der Waals surface area contributed by atoms with Crippen LogP contribution in [0.2, 0.25) is 0 Å². The lowest BCUT2D eigenvalue weighted by Gasteiger charge is -2.23. The third kappa shape index (κ3) is 0.988. The highest BCUT2D eigenvalue weighted by Crippen LogP contribution is 2.48. The van der Waals surface area contributed by atoms with Gasteiger partial charge in [0.2, 0.25) is 0 Å². The normalized spacial score (nSPS) is 36.5. The van der Waals surface area contributed by atoms with Crippen LogP contribution < -0.4 is 0 Å². The summed E-state index contributed by atoms with van der Waals surface area (Å²) < 4.78 is 0.720. The van der Waals surface area contributed by atoms with Gasteiger partial charge in [0.05, 0.1) is 11.3 Å². The molecule has 0 saturated heterocycles. The largest absolute Gasteiger partial charge is 0.294 e. The summed E-state index contributed by atoms with van der Waals surface area (Å²) in [5.74, 6) is -0.139. The number of carbonyl (C=O) groups is 2. The molecule has 1 spiro atoms. The molecule has 0 fully saturated rings. The summed E-state index contributed by atoms with van der Waals surface area (Å²) in [5, 5.41) is 0. The van der Waals surface area contributed by atoms with Gasteiger partial charge in [-0.3, -0.25) is 9.59 Å². The number of hydrogen-bond acceptors (Lipinski definition) is 2. The van der Waals surface area contributed by atoms with Crippen molar-refractivity contribution < 1.29 is 9.59 Å². The molecule has 0 radical (unpaired) electrons. The van der Waals surface area contributed by atoms with E-state index < -0.39 is 5.41 Å². The lowest BCUT2D eigenvalue weighted by Crippen LogP contribution is -2.24. The van der Waals surface area contributed by atoms with Crippen molar-refractivity contribution in [2.75, 3.05) is 0 Å². The van der Waals surface area contributed by atoms with E-state index in [4.69, 9.17) is 0 Å². The fourth-order valence-corrected chi connectivity index (χ4v) is 2.88. The molecule has 0 heterocycles. The third-order valence-corrected chi connectivity index (χ3v) is 3.77. The third-order valence-electron chi connectivity index (χ3n) is 3.12. The van der Waals surface area contributed by atoms with Gasteiger partial charge in [-0.2, -0.15) is 0 Å². The molecule has 74 valence electrons. The Kier molecular flexibility index (Phi) is 1.61. The van der Waals surface area contributed by atoms with Crippen LogP contribution >= 0.6 is 15.9 Å². The van der Waals surface area contributed by atoms with Gasteiger partial charge in [-0.1, -0.05) is 40.2 Å². The van der Waals surface area contributed by atoms with E-state index in [-0.39, 0.29) is 17.5 Å². The molecule has 0 aromatic rings. The van der Waals surface area contributed by atoms with Crippen molar-refractivity contribution in [2.45, 2.75) is 0 Å². The van der Waals surface area contributed by atoms with Crippen LogP contribution in [0.4, 0.5) is 0 Å². The predicted octanol–water partition coefficient (Wildman–Crippen LogP) is 2.09. The first kappa shape index (κ1) is 9.04. The molecular formula is C12H7BrO2. The highest BCUT2D eigenvalue weighted by molar-refractivity contribution is 9.12. The lowest BCUT2D eigenvalue weighted by atomic mass is 9.78. The van der Waals surface area contributed by atoms with E-state index in [2.05, 4.69) is 15.9 Å². The molecule has 0 aliphatic heterocycles. The molecule has 0 N–H and O–H groups in total. The number of fused-ring (bicyclic) bond motifs is 1. The Morgan fingerprint density at radius 3 is 2.47 bits per heavy atom. The van der Waals surface area contributed by atoms with E-state index in [1.54, 1.807) is 12.2 Å².